The largest absolute Gasteiger partial charge is 0.356 e. The van der Waals surface area contributed by atoms with Gasteiger partial charge in [-0.3, -0.25) is 0 Å². The third-order valence-electron chi connectivity index (χ3n) is 4.50. The summed E-state index contributed by atoms with van der Waals surface area (Å²) in [6.45, 7) is 13.1. The first-order chi connectivity index (χ1) is 9.23. The van der Waals surface area contributed by atoms with E-state index in [1.165, 1.54) is 19.3 Å². The Balaban J connectivity index is 2.20. The predicted octanol–water partition coefficient (Wildman–Crippen LogP) is 4.44. The highest BCUT2D eigenvalue weighted by molar-refractivity contribution is 6.29. The van der Waals surface area contributed by atoms with E-state index < -0.39 is 0 Å². The van der Waals surface area contributed by atoms with Gasteiger partial charge in [-0.25, -0.2) is 9.97 Å². The molecule has 3 nitrogen and oxygen atoms in total. The fraction of sp³-hybridized carbons (Fsp3) is 0.750. The molecule has 1 aromatic heterocycles. The lowest BCUT2D eigenvalue weighted by Gasteiger charge is -2.39. The first-order valence-corrected chi connectivity index (χ1v) is 7.91. The van der Waals surface area contributed by atoms with Crippen molar-refractivity contribution in [1.82, 2.24) is 9.97 Å². The summed E-state index contributed by atoms with van der Waals surface area (Å²) in [5.74, 6) is 1.80. The van der Waals surface area contributed by atoms with Crippen molar-refractivity contribution in [3.8, 4) is 0 Å². The van der Waals surface area contributed by atoms with Crippen molar-refractivity contribution in [3.05, 3.63) is 17.0 Å². The van der Waals surface area contributed by atoms with Gasteiger partial charge in [0.05, 0.1) is 0 Å². The molecule has 0 N–H and O–H groups in total. The molecule has 2 heterocycles. The topological polar surface area (TPSA) is 29.0 Å². The first-order valence-electron chi connectivity index (χ1n) is 7.53. The molecule has 1 aliphatic heterocycles. The number of halogens is 1. The fourth-order valence-electron chi connectivity index (χ4n) is 2.53. The SMILES string of the molecule is CCC1(C)CCN(c2cc(Cl)nc(C(C)(C)C)n2)CC1. The molecule has 2 rings (SSSR count). The Labute approximate surface area is 127 Å². The summed E-state index contributed by atoms with van der Waals surface area (Å²) in [5.41, 5.74) is 0.410. The van der Waals surface area contributed by atoms with E-state index in [2.05, 4.69) is 44.5 Å². The minimum Gasteiger partial charge on any atom is -0.356 e. The number of hydrogen-bond donors (Lipinski definition) is 0. The maximum absolute atomic E-state index is 6.18. The first kappa shape index (κ1) is 15.6. The molecule has 0 aliphatic carbocycles. The molecule has 1 fully saturated rings. The summed E-state index contributed by atoms with van der Waals surface area (Å²) < 4.78 is 0. The molecular weight excluding hydrogens is 270 g/mol. The van der Waals surface area contributed by atoms with E-state index >= 15 is 0 Å². The minimum absolute atomic E-state index is 0.0760. The normalized spacial score (nSPS) is 19.2. The van der Waals surface area contributed by atoms with Crippen LogP contribution in [-0.4, -0.2) is 23.1 Å². The molecule has 20 heavy (non-hydrogen) atoms. The van der Waals surface area contributed by atoms with E-state index in [0.29, 0.717) is 10.6 Å². The molecule has 0 unspecified atom stereocenters. The second kappa shape index (κ2) is 5.51. The van der Waals surface area contributed by atoms with Gasteiger partial charge in [-0.05, 0) is 18.3 Å². The van der Waals surface area contributed by atoms with Gasteiger partial charge >= 0.3 is 0 Å². The highest BCUT2D eigenvalue weighted by atomic mass is 35.5. The van der Waals surface area contributed by atoms with Crippen LogP contribution in [0.15, 0.2) is 6.07 Å². The molecule has 0 saturated carbocycles. The van der Waals surface area contributed by atoms with Crippen LogP contribution in [-0.2, 0) is 5.41 Å². The molecule has 112 valence electrons. The fourth-order valence-corrected chi connectivity index (χ4v) is 2.71. The summed E-state index contributed by atoms with van der Waals surface area (Å²) in [6, 6.07) is 1.89. The lowest BCUT2D eigenvalue weighted by molar-refractivity contribution is 0.237. The number of nitrogens with zero attached hydrogens (tertiary/aromatic N) is 3. The van der Waals surface area contributed by atoms with E-state index in [9.17, 15) is 0 Å². The maximum atomic E-state index is 6.18. The van der Waals surface area contributed by atoms with Crippen molar-refractivity contribution < 1.29 is 0 Å². The van der Waals surface area contributed by atoms with Gasteiger partial charge in [0, 0.05) is 24.6 Å². The Morgan fingerprint density at radius 2 is 1.85 bits per heavy atom. The van der Waals surface area contributed by atoms with Crippen molar-refractivity contribution in [1.29, 1.82) is 0 Å². The molecule has 0 atom stereocenters. The van der Waals surface area contributed by atoms with Crippen LogP contribution in [0, 0.1) is 5.41 Å². The van der Waals surface area contributed by atoms with E-state index in [-0.39, 0.29) is 5.41 Å². The summed E-state index contributed by atoms with van der Waals surface area (Å²) in [5, 5.41) is 0.545. The van der Waals surface area contributed by atoms with Crippen molar-refractivity contribution in [2.75, 3.05) is 18.0 Å². The molecule has 0 radical (unpaired) electrons. The number of aromatic nitrogens is 2. The molecule has 0 amide bonds. The van der Waals surface area contributed by atoms with Crippen LogP contribution in [0.2, 0.25) is 5.15 Å². The highest BCUT2D eigenvalue weighted by Gasteiger charge is 2.29. The molecule has 1 aliphatic rings. The van der Waals surface area contributed by atoms with Gasteiger partial charge in [0.25, 0.3) is 0 Å². The summed E-state index contributed by atoms with van der Waals surface area (Å²) in [4.78, 5) is 11.5. The smallest absolute Gasteiger partial charge is 0.137 e. The van der Waals surface area contributed by atoms with Crippen LogP contribution in [0.1, 0.15) is 59.7 Å². The summed E-state index contributed by atoms with van der Waals surface area (Å²) in [6.07, 6.45) is 3.69. The van der Waals surface area contributed by atoms with E-state index in [0.717, 1.165) is 24.7 Å². The van der Waals surface area contributed by atoms with Gasteiger partial charge < -0.3 is 4.90 Å². The zero-order valence-corrected chi connectivity index (χ0v) is 14.1. The summed E-state index contributed by atoms with van der Waals surface area (Å²) in [7, 11) is 0. The van der Waals surface area contributed by atoms with Gasteiger partial charge in [-0.1, -0.05) is 52.6 Å². The van der Waals surface area contributed by atoms with Crippen molar-refractivity contribution in [2.24, 2.45) is 5.41 Å². The number of piperidine rings is 1. The Hall–Kier alpha value is -0.830. The quantitative estimate of drug-likeness (QED) is 0.755. The zero-order chi connectivity index (χ0) is 15.0. The van der Waals surface area contributed by atoms with Crippen molar-refractivity contribution in [3.63, 3.8) is 0 Å². The van der Waals surface area contributed by atoms with Gasteiger partial charge in [0.1, 0.15) is 16.8 Å². The van der Waals surface area contributed by atoms with Crippen LogP contribution in [0.5, 0.6) is 0 Å². The molecule has 0 spiro atoms. The van der Waals surface area contributed by atoms with Gasteiger partial charge in [0.2, 0.25) is 0 Å². The lowest BCUT2D eigenvalue weighted by Crippen LogP contribution is -2.39. The minimum atomic E-state index is -0.0760. The van der Waals surface area contributed by atoms with Crippen molar-refractivity contribution in [2.45, 2.75) is 59.3 Å². The molecular formula is C16H26ClN3. The predicted molar refractivity (Wildman–Crippen MR) is 85.6 cm³/mol. The molecule has 0 bridgehead atoms. The van der Waals surface area contributed by atoms with Crippen LogP contribution >= 0.6 is 11.6 Å². The third-order valence-corrected chi connectivity index (χ3v) is 4.69. The van der Waals surface area contributed by atoms with Crippen molar-refractivity contribution >= 4 is 17.4 Å². The third kappa shape index (κ3) is 3.43. The van der Waals surface area contributed by atoms with Gasteiger partial charge in [-0.15, -0.1) is 0 Å². The lowest BCUT2D eigenvalue weighted by atomic mass is 9.78. The Morgan fingerprint density at radius 1 is 1.25 bits per heavy atom. The van der Waals surface area contributed by atoms with Crippen LogP contribution in [0.4, 0.5) is 5.82 Å². The van der Waals surface area contributed by atoms with E-state index in [1.807, 2.05) is 6.07 Å². The standard InChI is InChI=1S/C16H26ClN3/c1-6-16(5)7-9-20(10-8-16)13-11-12(17)18-14(19-13)15(2,3)4/h11H,6-10H2,1-5H3. The Bertz CT molecular complexity index is 471. The zero-order valence-electron chi connectivity index (χ0n) is 13.3. The summed E-state index contributed by atoms with van der Waals surface area (Å²) >= 11 is 6.18. The van der Waals surface area contributed by atoms with Crippen LogP contribution in [0.25, 0.3) is 0 Å². The monoisotopic (exact) mass is 295 g/mol. The van der Waals surface area contributed by atoms with Gasteiger partial charge in [-0.2, -0.15) is 0 Å². The average molecular weight is 296 g/mol. The average Bonchev–Trinajstić information content (AvgIpc) is 2.38. The number of anilines is 1. The molecule has 1 aromatic rings. The molecule has 4 heteroatoms. The van der Waals surface area contributed by atoms with Gasteiger partial charge in [0.15, 0.2) is 0 Å². The second-order valence-electron chi connectivity index (χ2n) is 7.27. The molecule has 1 saturated heterocycles. The number of rotatable bonds is 2. The highest BCUT2D eigenvalue weighted by Crippen LogP contribution is 2.35. The number of hydrogen-bond acceptors (Lipinski definition) is 3. The maximum Gasteiger partial charge on any atom is 0.137 e. The molecule has 0 aromatic carbocycles. The van der Waals surface area contributed by atoms with Crippen LogP contribution in [0.3, 0.4) is 0 Å². The Kier molecular flexibility index (Phi) is 4.29. The van der Waals surface area contributed by atoms with E-state index in [4.69, 9.17) is 16.6 Å². The van der Waals surface area contributed by atoms with E-state index in [1.54, 1.807) is 0 Å². The van der Waals surface area contributed by atoms with Crippen LogP contribution < -0.4 is 4.90 Å². The second-order valence-corrected chi connectivity index (χ2v) is 7.66. The Morgan fingerprint density at radius 3 is 2.35 bits per heavy atom.